The van der Waals surface area contributed by atoms with Crippen molar-refractivity contribution in [1.82, 2.24) is 4.98 Å². The van der Waals surface area contributed by atoms with Gasteiger partial charge in [-0.05, 0) is 65.9 Å². The van der Waals surface area contributed by atoms with Crippen LogP contribution in [0.5, 0.6) is 11.8 Å². The largest absolute Gasteiger partial charge is 0.473 e. The van der Waals surface area contributed by atoms with Gasteiger partial charge in [0, 0.05) is 30.4 Å². The van der Waals surface area contributed by atoms with Crippen LogP contribution in [0.2, 0.25) is 18.1 Å². The number of piperidine rings is 1. The summed E-state index contributed by atoms with van der Waals surface area (Å²) in [5.41, 5.74) is 5.41. The van der Waals surface area contributed by atoms with Gasteiger partial charge in [-0.3, -0.25) is 0 Å². The number of benzene rings is 3. The Kier molecular flexibility index (Phi) is 11.0. The minimum Gasteiger partial charge on any atom is -0.473 e. The molecule has 6 nitrogen and oxygen atoms in total. The third-order valence-electron chi connectivity index (χ3n) is 8.97. The van der Waals surface area contributed by atoms with Crippen LogP contribution < -0.4 is 14.4 Å². The van der Waals surface area contributed by atoms with E-state index in [9.17, 15) is 0 Å². The predicted octanol–water partition coefficient (Wildman–Crippen LogP) is 8.91. The summed E-state index contributed by atoms with van der Waals surface area (Å²) >= 11 is 0. The Labute approximate surface area is 270 Å². The van der Waals surface area contributed by atoms with E-state index in [1.165, 1.54) is 5.69 Å². The standard InChI is InChI=1S/C38H48N2O4Si/c1-38(2,3)45(4,5)44-27-26-41-34-22-24-40(25-23-34)33-18-16-32(17-19-33)35-20-21-36(42-28-30-12-8-6-9-13-30)39-37(35)43-29-31-14-10-7-11-15-31/h6-21,34H,22-29H2,1-5H3. The number of ether oxygens (including phenoxy) is 3. The second kappa shape index (κ2) is 15.1. The molecule has 1 aliphatic heterocycles. The molecule has 5 rings (SSSR count). The molecule has 0 aliphatic carbocycles. The summed E-state index contributed by atoms with van der Waals surface area (Å²) in [5, 5.41) is 0.224. The molecule has 45 heavy (non-hydrogen) atoms. The highest BCUT2D eigenvalue weighted by atomic mass is 28.4. The van der Waals surface area contributed by atoms with E-state index in [1.807, 2.05) is 60.7 Å². The average Bonchev–Trinajstić information content (AvgIpc) is 3.06. The minimum absolute atomic E-state index is 0.224. The first-order valence-electron chi connectivity index (χ1n) is 16.1. The van der Waals surface area contributed by atoms with Gasteiger partial charge in [-0.2, -0.15) is 4.98 Å². The molecule has 2 heterocycles. The van der Waals surface area contributed by atoms with Crippen LogP contribution in [0.3, 0.4) is 0 Å². The van der Waals surface area contributed by atoms with Gasteiger partial charge in [0.15, 0.2) is 8.32 Å². The molecule has 0 N–H and O–H groups in total. The van der Waals surface area contributed by atoms with E-state index in [0.29, 0.717) is 44.3 Å². The number of anilines is 1. The van der Waals surface area contributed by atoms with E-state index in [-0.39, 0.29) is 5.04 Å². The number of pyridine rings is 1. The highest BCUT2D eigenvalue weighted by Gasteiger charge is 2.37. The van der Waals surface area contributed by atoms with Gasteiger partial charge in [-0.15, -0.1) is 0 Å². The number of rotatable bonds is 13. The molecule has 0 unspecified atom stereocenters. The SMILES string of the molecule is CC(C)(C)[Si](C)(C)OCCOC1CCN(c2ccc(-c3ccc(OCc4ccccc4)nc3OCc3ccccc3)cc2)CC1. The summed E-state index contributed by atoms with van der Waals surface area (Å²) in [7, 11) is -1.73. The molecular formula is C38H48N2O4Si. The summed E-state index contributed by atoms with van der Waals surface area (Å²) in [6.45, 7) is 15.6. The molecule has 0 radical (unpaired) electrons. The van der Waals surface area contributed by atoms with Crippen molar-refractivity contribution in [3.63, 3.8) is 0 Å². The van der Waals surface area contributed by atoms with Gasteiger partial charge in [-0.25, -0.2) is 0 Å². The molecule has 3 aromatic carbocycles. The molecule has 1 aliphatic rings. The molecule has 0 amide bonds. The van der Waals surface area contributed by atoms with Crippen molar-refractivity contribution in [2.24, 2.45) is 0 Å². The molecule has 0 saturated carbocycles. The fourth-order valence-corrected chi connectivity index (χ4v) is 6.18. The average molecular weight is 625 g/mol. The zero-order chi connectivity index (χ0) is 31.7. The number of hydrogen-bond donors (Lipinski definition) is 0. The molecule has 4 aromatic rings. The Bertz CT molecular complexity index is 1470. The van der Waals surface area contributed by atoms with Gasteiger partial charge >= 0.3 is 0 Å². The van der Waals surface area contributed by atoms with Crippen LogP contribution in [0.1, 0.15) is 44.7 Å². The molecule has 0 atom stereocenters. The maximum atomic E-state index is 6.29. The van der Waals surface area contributed by atoms with Crippen LogP contribution in [0.4, 0.5) is 5.69 Å². The Hall–Kier alpha value is -3.65. The van der Waals surface area contributed by atoms with Crippen molar-refractivity contribution in [1.29, 1.82) is 0 Å². The van der Waals surface area contributed by atoms with Crippen molar-refractivity contribution in [3.8, 4) is 22.9 Å². The van der Waals surface area contributed by atoms with E-state index in [4.69, 9.17) is 23.6 Å². The second-order valence-corrected chi connectivity index (χ2v) is 18.1. The number of nitrogens with zero attached hydrogens (tertiary/aromatic N) is 2. The number of aromatic nitrogens is 1. The Morgan fingerprint density at radius 3 is 1.93 bits per heavy atom. The van der Waals surface area contributed by atoms with Crippen molar-refractivity contribution in [2.45, 2.75) is 71.1 Å². The fraction of sp³-hybridized carbons (Fsp3) is 0.395. The summed E-state index contributed by atoms with van der Waals surface area (Å²) in [5.74, 6) is 1.10. The van der Waals surface area contributed by atoms with Gasteiger partial charge in [0.1, 0.15) is 13.2 Å². The molecule has 1 aromatic heterocycles. The summed E-state index contributed by atoms with van der Waals surface area (Å²) < 4.78 is 24.8. The molecule has 0 spiro atoms. The minimum atomic E-state index is -1.73. The number of hydrogen-bond acceptors (Lipinski definition) is 6. The molecule has 1 fully saturated rings. The predicted molar refractivity (Wildman–Crippen MR) is 186 cm³/mol. The highest BCUT2D eigenvalue weighted by molar-refractivity contribution is 6.74. The van der Waals surface area contributed by atoms with E-state index >= 15 is 0 Å². The van der Waals surface area contributed by atoms with Crippen molar-refractivity contribution >= 4 is 14.0 Å². The molecule has 7 heteroatoms. The van der Waals surface area contributed by atoms with Crippen molar-refractivity contribution < 1.29 is 18.6 Å². The van der Waals surface area contributed by atoms with Crippen molar-refractivity contribution in [2.75, 3.05) is 31.2 Å². The van der Waals surface area contributed by atoms with Gasteiger partial charge in [0.05, 0.1) is 19.3 Å². The summed E-state index contributed by atoms with van der Waals surface area (Å²) in [4.78, 5) is 7.23. The van der Waals surface area contributed by atoms with Crippen LogP contribution in [-0.4, -0.2) is 45.7 Å². The fourth-order valence-electron chi connectivity index (χ4n) is 5.15. The lowest BCUT2D eigenvalue weighted by Gasteiger charge is -2.36. The summed E-state index contributed by atoms with van der Waals surface area (Å²) in [6, 6.07) is 33.0. The van der Waals surface area contributed by atoms with E-state index in [2.05, 4.69) is 75.2 Å². The maximum absolute atomic E-state index is 6.29. The molecular weight excluding hydrogens is 577 g/mol. The first kappa shape index (κ1) is 32.7. The Morgan fingerprint density at radius 1 is 0.733 bits per heavy atom. The van der Waals surface area contributed by atoms with E-state index in [1.54, 1.807) is 0 Å². The Balaban J connectivity index is 1.19. The van der Waals surface area contributed by atoms with Crippen LogP contribution in [0.15, 0.2) is 97.1 Å². The maximum Gasteiger partial charge on any atom is 0.225 e. The van der Waals surface area contributed by atoms with Gasteiger partial charge < -0.3 is 23.5 Å². The lowest BCUT2D eigenvalue weighted by atomic mass is 10.0. The Morgan fingerprint density at radius 2 is 1.33 bits per heavy atom. The van der Waals surface area contributed by atoms with Crippen LogP contribution in [0, 0.1) is 0 Å². The monoisotopic (exact) mass is 624 g/mol. The third kappa shape index (κ3) is 9.19. The normalized spacial score (nSPS) is 14.4. The van der Waals surface area contributed by atoms with Gasteiger partial charge in [0.2, 0.25) is 11.8 Å². The molecule has 1 saturated heterocycles. The smallest absolute Gasteiger partial charge is 0.225 e. The van der Waals surface area contributed by atoms with E-state index in [0.717, 1.165) is 48.2 Å². The van der Waals surface area contributed by atoms with Gasteiger partial charge in [-0.1, -0.05) is 93.6 Å². The zero-order valence-electron chi connectivity index (χ0n) is 27.5. The lowest BCUT2D eigenvalue weighted by Crippen LogP contribution is -2.42. The zero-order valence-corrected chi connectivity index (χ0v) is 28.5. The first-order valence-corrected chi connectivity index (χ1v) is 19.0. The van der Waals surface area contributed by atoms with Gasteiger partial charge in [0.25, 0.3) is 0 Å². The van der Waals surface area contributed by atoms with Crippen LogP contribution >= 0.6 is 0 Å². The van der Waals surface area contributed by atoms with E-state index < -0.39 is 8.32 Å². The topological polar surface area (TPSA) is 53.1 Å². The summed E-state index contributed by atoms with van der Waals surface area (Å²) in [6.07, 6.45) is 2.34. The first-order chi connectivity index (χ1) is 21.7. The molecule has 238 valence electrons. The lowest BCUT2D eigenvalue weighted by molar-refractivity contribution is 0.0180. The highest BCUT2D eigenvalue weighted by Crippen LogP contribution is 2.36. The van der Waals surface area contributed by atoms with Crippen LogP contribution in [0.25, 0.3) is 11.1 Å². The second-order valence-electron chi connectivity index (χ2n) is 13.3. The quantitative estimate of drug-likeness (QED) is 0.109. The van der Waals surface area contributed by atoms with Crippen molar-refractivity contribution in [3.05, 3.63) is 108 Å². The molecule has 0 bridgehead atoms. The third-order valence-corrected chi connectivity index (χ3v) is 13.5. The van der Waals surface area contributed by atoms with Crippen LogP contribution in [-0.2, 0) is 22.4 Å².